The molecule has 32 heavy (non-hydrogen) atoms. The van der Waals surface area contributed by atoms with Crippen molar-refractivity contribution in [2.45, 2.75) is 59.1 Å². The van der Waals surface area contributed by atoms with Crippen LogP contribution in [0.4, 0.5) is 5.69 Å². The van der Waals surface area contributed by atoms with Crippen LogP contribution in [0.5, 0.6) is 0 Å². The number of rotatable bonds is 7. The smallest absolute Gasteiger partial charge is 0.338 e. The van der Waals surface area contributed by atoms with E-state index in [2.05, 4.69) is 5.32 Å². The second kappa shape index (κ2) is 9.77. The molecule has 1 heterocycles. The Bertz CT molecular complexity index is 1030. The number of carbonyl (C=O) groups is 4. The molecule has 0 radical (unpaired) electrons. The standard InChI is InChI=1S/C25H28N2O5/c1-15(2)20-7-5-6-16(3)23(20)26-24(30)17(4)32-25(31)19-10-8-18(9-11-19)14-27-21(28)12-13-22(27)29/h5-11,15,17H,12-14H2,1-4H3,(H,26,30). The van der Waals surface area contributed by atoms with E-state index < -0.39 is 18.0 Å². The summed E-state index contributed by atoms with van der Waals surface area (Å²) in [6.07, 6.45) is -0.504. The minimum absolute atomic E-state index is 0.181. The summed E-state index contributed by atoms with van der Waals surface area (Å²) in [5.41, 5.74) is 3.71. The van der Waals surface area contributed by atoms with Crippen molar-refractivity contribution in [3.63, 3.8) is 0 Å². The third-order valence-electron chi connectivity index (χ3n) is 5.51. The van der Waals surface area contributed by atoms with E-state index in [9.17, 15) is 19.2 Å². The predicted molar refractivity (Wildman–Crippen MR) is 120 cm³/mol. The van der Waals surface area contributed by atoms with Crippen molar-refractivity contribution < 1.29 is 23.9 Å². The molecule has 1 N–H and O–H groups in total. The van der Waals surface area contributed by atoms with E-state index in [4.69, 9.17) is 4.74 Å². The molecular formula is C25H28N2O5. The minimum Gasteiger partial charge on any atom is -0.449 e. The lowest BCUT2D eigenvalue weighted by atomic mass is 9.98. The maximum Gasteiger partial charge on any atom is 0.338 e. The van der Waals surface area contributed by atoms with Crippen molar-refractivity contribution in [2.24, 2.45) is 0 Å². The maximum atomic E-state index is 12.7. The van der Waals surface area contributed by atoms with Gasteiger partial charge in [0.15, 0.2) is 6.10 Å². The Morgan fingerprint density at radius 2 is 1.62 bits per heavy atom. The number of hydrogen-bond donors (Lipinski definition) is 1. The second-order valence-corrected chi connectivity index (χ2v) is 8.30. The van der Waals surface area contributed by atoms with Crippen LogP contribution in [-0.4, -0.2) is 34.7 Å². The van der Waals surface area contributed by atoms with Crippen LogP contribution >= 0.6 is 0 Å². The zero-order chi connectivity index (χ0) is 23.4. The molecule has 2 aromatic carbocycles. The lowest BCUT2D eigenvalue weighted by Crippen LogP contribution is -2.30. The molecule has 0 bridgehead atoms. The molecule has 3 amide bonds. The Morgan fingerprint density at radius 3 is 2.22 bits per heavy atom. The summed E-state index contributed by atoms with van der Waals surface area (Å²) in [4.78, 5) is 49.9. The molecule has 2 aromatic rings. The number of aryl methyl sites for hydroxylation is 1. The normalized spacial score (nSPS) is 14.6. The van der Waals surface area contributed by atoms with Gasteiger partial charge >= 0.3 is 5.97 Å². The van der Waals surface area contributed by atoms with Gasteiger partial charge in [-0.2, -0.15) is 0 Å². The molecule has 0 spiro atoms. The Balaban J connectivity index is 1.61. The number of imide groups is 1. The van der Waals surface area contributed by atoms with Crippen molar-refractivity contribution in [3.8, 4) is 0 Å². The third-order valence-corrected chi connectivity index (χ3v) is 5.51. The van der Waals surface area contributed by atoms with Crippen LogP contribution in [0.3, 0.4) is 0 Å². The molecule has 0 aliphatic carbocycles. The van der Waals surface area contributed by atoms with Gasteiger partial charge in [0.2, 0.25) is 11.8 Å². The van der Waals surface area contributed by atoms with Crippen LogP contribution in [0.2, 0.25) is 0 Å². The number of ether oxygens (including phenoxy) is 1. The fourth-order valence-electron chi connectivity index (χ4n) is 3.58. The lowest BCUT2D eigenvalue weighted by molar-refractivity contribution is -0.139. The number of amides is 3. The number of benzene rings is 2. The SMILES string of the molecule is Cc1cccc(C(C)C)c1NC(=O)C(C)OC(=O)c1ccc(CN2C(=O)CCC2=O)cc1. The fraction of sp³-hybridized carbons (Fsp3) is 0.360. The fourth-order valence-corrected chi connectivity index (χ4v) is 3.58. The highest BCUT2D eigenvalue weighted by atomic mass is 16.5. The first kappa shape index (κ1) is 23.2. The van der Waals surface area contributed by atoms with Gasteiger partial charge in [-0.05, 0) is 48.6 Å². The number of para-hydroxylation sites is 1. The number of nitrogens with one attached hydrogen (secondary N) is 1. The zero-order valence-electron chi connectivity index (χ0n) is 18.8. The van der Waals surface area contributed by atoms with Crippen LogP contribution in [0, 0.1) is 6.92 Å². The first-order valence-corrected chi connectivity index (χ1v) is 10.7. The highest BCUT2D eigenvalue weighted by Crippen LogP contribution is 2.27. The van der Waals surface area contributed by atoms with Crippen LogP contribution in [-0.2, 0) is 25.7 Å². The molecule has 3 rings (SSSR count). The van der Waals surface area contributed by atoms with Crippen molar-refractivity contribution in [1.29, 1.82) is 0 Å². The Morgan fingerprint density at radius 1 is 1.00 bits per heavy atom. The monoisotopic (exact) mass is 436 g/mol. The van der Waals surface area contributed by atoms with Crippen molar-refractivity contribution in [2.75, 3.05) is 5.32 Å². The highest BCUT2D eigenvalue weighted by Gasteiger charge is 2.28. The Labute approximate surface area is 187 Å². The molecule has 7 heteroatoms. The average Bonchev–Trinajstić information content (AvgIpc) is 3.07. The maximum absolute atomic E-state index is 12.7. The molecule has 1 aliphatic heterocycles. The van der Waals surface area contributed by atoms with Gasteiger partial charge in [0, 0.05) is 18.5 Å². The van der Waals surface area contributed by atoms with Crippen LogP contribution in [0.1, 0.15) is 66.6 Å². The first-order chi connectivity index (χ1) is 15.2. The van der Waals surface area contributed by atoms with E-state index in [1.165, 1.54) is 11.8 Å². The number of anilines is 1. The summed E-state index contributed by atoms with van der Waals surface area (Å²) < 4.78 is 5.35. The quantitative estimate of drug-likeness (QED) is 0.524. The van der Waals surface area contributed by atoms with Gasteiger partial charge in [-0.15, -0.1) is 0 Å². The van der Waals surface area contributed by atoms with E-state index in [0.717, 1.165) is 22.4 Å². The highest BCUT2D eigenvalue weighted by molar-refractivity contribution is 6.02. The molecule has 1 atom stereocenters. The first-order valence-electron chi connectivity index (χ1n) is 10.7. The number of esters is 1. The van der Waals surface area contributed by atoms with Gasteiger partial charge in [0.25, 0.3) is 5.91 Å². The number of nitrogens with zero attached hydrogens (tertiary/aromatic N) is 1. The van der Waals surface area contributed by atoms with Crippen molar-refractivity contribution in [3.05, 3.63) is 64.7 Å². The Hall–Kier alpha value is -3.48. The molecule has 168 valence electrons. The number of likely N-dealkylation sites (tertiary alicyclic amines) is 1. The van der Waals surface area contributed by atoms with Gasteiger partial charge in [0.1, 0.15) is 0 Å². The molecule has 1 fully saturated rings. The summed E-state index contributed by atoms with van der Waals surface area (Å²) in [5, 5.41) is 2.89. The topological polar surface area (TPSA) is 92.8 Å². The summed E-state index contributed by atoms with van der Waals surface area (Å²) >= 11 is 0. The van der Waals surface area contributed by atoms with E-state index in [1.807, 2.05) is 39.0 Å². The molecular weight excluding hydrogens is 408 g/mol. The predicted octanol–water partition coefficient (Wildman–Crippen LogP) is 3.95. The second-order valence-electron chi connectivity index (χ2n) is 8.30. The molecule has 7 nitrogen and oxygen atoms in total. The van der Waals surface area contributed by atoms with Gasteiger partial charge < -0.3 is 10.1 Å². The van der Waals surface area contributed by atoms with Crippen LogP contribution in [0.15, 0.2) is 42.5 Å². The minimum atomic E-state index is -0.985. The van der Waals surface area contributed by atoms with E-state index in [0.29, 0.717) is 0 Å². The Kier molecular flexibility index (Phi) is 7.08. The molecule has 1 unspecified atom stereocenters. The zero-order valence-corrected chi connectivity index (χ0v) is 18.8. The molecule has 1 saturated heterocycles. The largest absolute Gasteiger partial charge is 0.449 e. The van der Waals surface area contributed by atoms with E-state index in [-0.39, 0.29) is 42.7 Å². The van der Waals surface area contributed by atoms with Gasteiger partial charge in [0.05, 0.1) is 12.1 Å². The van der Waals surface area contributed by atoms with Gasteiger partial charge in [-0.3, -0.25) is 19.3 Å². The number of hydrogen-bond acceptors (Lipinski definition) is 5. The molecule has 1 aliphatic rings. The van der Waals surface area contributed by atoms with E-state index >= 15 is 0 Å². The lowest BCUT2D eigenvalue weighted by Gasteiger charge is -2.19. The molecule has 0 saturated carbocycles. The van der Waals surface area contributed by atoms with Crippen LogP contribution in [0.25, 0.3) is 0 Å². The summed E-state index contributed by atoms with van der Waals surface area (Å²) in [6, 6.07) is 12.3. The van der Waals surface area contributed by atoms with Gasteiger partial charge in [-0.25, -0.2) is 4.79 Å². The summed E-state index contributed by atoms with van der Waals surface area (Å²) in [7, 11) is 0. The third kappa shape index (κ3) is 5.22. The summed E-state index contributed by atoms with van der Waals surface area (Å²) in [6.45, 7) is 7.73. The average molecular weight is 437 g/mol. The van der Waals surface area contributed by atoms with Gasteiger partial charge in [-0.1, -0.05) is 44.2 Å². The van der Waals surface area contributed by atoms with Crippen LogP contribution < -0.4 is 5.32 Å². The van der Waals surface area contributed by atoms with E-state index in [1.54, 1.807) is 24.3 Å². The number of carbonyl (C=O) groups excluding carboxylic acids is 4. The van der Waals surface area contributed by atoms with Crippen molar-refractivity contribution in [1.82, 2.24) is 4.90 Å². The van der Waals surface area contributed by atoms with Crippen molar-refractivity contribution >= 4 is 29.4 Å². The summed E-state index contributed by atoms with van der Waals surface area (Å²) in [5.74, 6) is -1.17. The molecule has 0 aromatic heterocycles.